The molecule has 0 aliphatic rings. The van der Waals surface area contributed by atoms with E-state index in [2.05, 4.69) is 0 Å². The summed E-state index contributed by atoms with van der Waals surface area (Å²) in [5.74, 6) is 0. The van der Waals surface area contributed by atoms with E-state index in [0.717, 1.165) is 11.1 Å². The molecule has 19 heavy (non-hydrogen) atoms. The van der Waals surface area contributed by atoms with Crippen LogP contribution in [0.5, 0.6) is 0 Å². The van der Waals surface area contributed by atoms with Gasteiger partial charge in [0.25, 0.3) is 0 Å². The minimum atomic E-state index is -2.85. The van der Waals surface area contributed by atoms with E-state index < -0.39 is 8.77 Å². The lowest BCUT2D eigenvalue weighted by Crippen LogP contribution is -2.05. The fourth-order valence-electron chi connectivity index (χ4n) is 1.60. The van der Waals surface area contributed by atoms with Gasteiger partial charge in [-0.05, 0) is 31.5 Å². The van der Waals surface area contributed by atoms with E-state index in [4.69, 9.17) is 15.4 Å². The molecule has 0 aromatic heterocycles. The van der Waals surface area contributed by atoms with E-state index in [1.54, 1.807) is 12.1 Å². The van der Waals surface area contributed by atoms with Crippen molar-refractivity contribution in [1.29, 1.82) is 0 Å². The third-order valence-corrected chi connectivity index (χ3v) is 4.95. The van der Waals surface area contributed by atoms with Crippen LogP contribution in [0.15, 0.2) is 53.4 Å². The summed E-state index contributed by atoms with van der Waals surface area (Å²) in [5, 5.41) is 0. The fraction of sp³-hybridized carbons (Fsp3) is 0.200. The van der Waals surface area contributed by atoms with Crippen molar-refractivity contribution >= 4 is 20.0 Å². The van der Waals surface area contributed by atoms with E-state index in [1.807, 2.05) is 50.2 Å². The van der Waals surface area contributed by atoms with Gasteiger partial charge in [-0.3, -0.25) is 4.18 Å². The van der Waals surface area contributed by atoms with Crippen LogP contribution in [0.25, 0.3) is 0 Å². The molecule has 1 unspecified atom stereocenters. The smallest absolute Gasteiger partial charge is 0.173 e. The third kappa shape index (κ3) is 3.86. The molecule has 4 heteroatoms. The molecule has 0 N–H and O–H groups in total. The van der Waals surface area contributed by atoms with Gasteiger partial charge in [0.1, 0.15) is 0 Å². The summed E-state index contributed by atoms with van der Waals surface area (Å²) in [5.41, 5.74) is 3.25. The van der Waals surface area contributed by atoms with Crippen LogP contribution >= 0.6 is 0 Å². The van der Waals surface area contributed by atoms with Crippen LogP contribution in [0.3, 0.4) is 0 Å². The van der Waals surface area contributed by atoms with E-state index in [-0.39, 0.29) is 6.61 Å². The van der Waals surface area contributed by atoms with Gasteiger partial charge < -0.3 is 0 Å². The number of rotatable bonds is 4. The fourth-order valence-corrected chi connectivity index (χ4v) is 2.98. The standard InChI is InChI=1S/C15H16O2S2/c1-12-3-7-14(8-4-12)11-17-19(16,18)15-9-5-13(2)6-10-15/h3-10H,11H2,1-2H3. The largest absolute Gasteiger partial charge is 0.282 e. The van der Waals surface area contributed by atoms with Crippen LogP contribution in [0.2, 0.25) is 0 Å². The summed E-state index contributed by atoms with van der Waals surface area (Å²) in [6.45, 7) is 4.26. The molecule has 2 nitrogen and oxygen atoms in total. The maximum atomic E-state index is 12.3. The van der Waals surface area contributed by atoms with Gasteiger partial charge in [0.2, 0.25) is 0 Å². The van der Waals surface area contributed by atoms with Crippen molar-refractivity contribution in [2.24, 2.45) is 0 Å². The lowest BCUT2D eigenvalue weighted by atomic mass is 10.2. The molecule has 2 aromatic rings. The topological polar surface area (TPSA) is 26.3 Å². The monoisotopic (exact) mass is 292 g/mol. The van der Waals surface area contributed by atoms with Crippen molar-refractivity contribution in [3.8, 4) is 0 Å². The SMILES string of the molecule is Cc1ccc(COS(=O)(=S)c2ccc(C)cc2)cc1. The number of aryl methyl sites for hydroxylation is 2. The normalized spacial score (nSPS) is 14.0. The summed E-state index contributed by atoms with van der Waals surface area (Å²) in [4.78, 5) is 0.556. The molecule has 0 saturated carbocycles. The molecular formula is C15H16O2S2. The molecule has 100 valence electrons. The van der Waals surface area contributed by atoms with Gasteiger partial charge in [0.15, 0.2) is 8.77 Å². The van der Waals surface area contributed by atoms with Crippen LogP contribution in [0.1, 0.15) is 16.7 Å². The second-order valence-electron chi connectivity index (χ2n) is 4.51. The first-order valence-corrected chi connectivity index (χ1v) is 8.40. The Labute approximate surface area is 119 Å². The van der Waals surface area contributed by atoms with Crippen LogP contribution in [-0.2, 0) is 30.8 Å². The molecule has 0 aliphatic carbocycles. The second-order valence-corrected chi connectivity index (χ2v) is 7.45. The number of benzene rings is 2. The van der Waals surface area contributed by atoms with Crippen LogP contribution in [-0.4, -0.2) is 4.21 Å². The van der Waals surface area contributed by atoms with Crippen LogP contribution in [0.4, 0.5) is 0 Å². The first kappa shape index (κ1) is 14.2. The molecule has 0 amide bonds. The second kappa shape index (κ2) is 5.82. The Morgan fingerprint density at radius 1 is 0.947 bits per heavy atom. The third-order valence-electron chi connectivity index (χ3n) is 2.81. The van der Waals surface area contributed by atoms with Crippen molar-refractivity contribution in [3.63, 3.8) is 0 Å². The maximum absolute atomic E-state index is 12.3. The number of hydrogen-bond donors (Lipinski definition) is 0. The molecular weight excluding hydrogens is 276 g/mol. The summed E-state index contributed by atoms with van der Waals surface area (Å²) in [6.07, 6.45) is 0. The Balaban J connectivity index is 2.09. The minimum absolute atomic E-state index is 0.260. The van der Waals surface area contributed by atoms with Gasteiger partial charge in [-0.25, -0.2) is 4.21 Å². The molecule has 0 fully saturated rings. The Morgan fingerprint density at radius 2 is 1.42 bits per heavy atom. The van der Waals surface area contributed by atoms with Crippen molar-refractivity contribution in [2.45, 2.75) is 25.3 Å². The summed E-state index contributed by atoms with van der Waals surface area (Å²) < 4.78 is 17.8. The van der Waals surface area contributed by atoms with Crippen LogP contribution < -0.4 is 0 Å². The highest BCUT2D eigenvalue weighted by molar-refractivity contribution is 8.30. The zero-order valence-corrected chi connectivity index (χ0v) is 12.6. The molecule has 0 saturated heterocycles. The van der Waals surface area contributed by atoms with E-state index >= 15 is 0 Å². The first-order valence-electron chi connectivity index (χ1n) is 5.99. The zero-order valence-electron chi connectivity index (χ0n) is 11.0. The van der Waals surface area contributed by atoms with Crippen molar-refractivity contribution in [2.75, 3.05) is 0 Å². The van der Waals surface area contributed by atoms with Crippen molar-refractivity contribution in [3.05, 3.63) is 65.2 Å². The van der Waals surface area contributed by atoms with Crippen LogP contribution in [0, 0.1) is 13.8 Å². The molecule has 1 atom stereocenters. The lowest BCUT2D eigenvalue weighted by Gasteiger charge is -2.09. The van der Waals surface area contributed by atoms with Crippen molar-refractivity contribution < 1.29 is 8.39 Å². The molecule has 0 spiro atoms. The average molecular weight is 292 g/mol. The average Bonchev–Trinajstić information content (AvgIpc) is 2.39. The van der Waals surface area contributed by atoms with E-state index in [0.29, 0.717) is 4.90 Å². The highest BCUT2D eigenvalue weighted by Crippen LogP contribution is 2.16. The Kier molecular flexibility index (Phi) is 4.34. The lowest BCUT2D eigenvalue weighted by molar-refractivity contribution is 0.335. The highest BCUT2D eigenvalue weighted by atomic mass is 32.8. The van der Waals surface area contributed by atoms with Gasteiger partial charge in [0, 0.05) is 11.2 Å². The summed E-state index contributed by atoms with van der Waals surface area (Å²) >= 11 is 5.08. The Bertz CT molecular complexity index is 642. The highest BCUT2D eigenvalue weighted by Gasteiger charge is 2.10. The Hall–Kier alpha value is -1.23. The van der Waals surface area contributed by atoms with E-state index in [9.17, 15) is 4.21 Å². The van der Waals surface area contributed by atoms with Gasteiger partial charge in [-0.2, -0.15) is 0 Å². The minimum Gasteiger partial charge on any atom is -0.282 e. The number of hydrogen-bond acceptors (Lipinski definition) is 3. The molecule has 0 aliphatic heterocycles. The maximum Gasteiger partial charge on any atom is 0.173 e. The summed E-state index contributed by atoms with van der Waals surface area (Å²) in [7, 11) is -2.85. The van der Waals surface area contributed by atoms with Gasteiger partial charge in [0.05, 0.1) is 11.5 Å². The molecule has 0 bridgehead atoms. The summed E-state index contributed by atoms with van der Waals surface area (Å²) in [6, 6.07) is 15.2. The van der Waals surface area contributed by atoms with Crippen molar-refractivity contribution in [1.82, 2.24) is 0 Å². The predicted molar refractivity (Wildman–Crippen MR) is 80.9 cm³/mol. The molecule has 2 rings (SSSR count). The molecule has 2 aromatic carbocycles. The van der Waals surface area contributed by atoms with Gasteiger partial charge >= 0.3 is 0 Å². The van der Waals surface area contributed by atoms with Gasteiger partial charge in [-0.15, -0.1) is 0 Å². The van der Waals surface area contributed by atoms with E-state index in [1.165, 1.54) is 5.56 Å². The predicted octanol–water partition coefficient (Wildman–Crippen LogP) is 3.54. The Morgan fingerprint density at radius 3 is 1.95 bits per heavy atom. The van der Waals surface area contributed by atoms with Gasteiger partial charge in [-0.1, -0.05) is 47.5 Å². The first-order chi connectivity index (χ1) is 8.97. The molecule has 0 heterocycles. The zero-order chi connectivity index (χ0) is 13.9. The molecule has 0 radical (unpaired) electrons. The quantitative estimate of drug-likeness (QED) is 0.862.